The first-order chi connectivity index (χ1) is 10.3. The summed E-state index contributed by atoms with van der Waals surface area (Å²) < 4.78 is 0. The van der Waals surface area contributed by atoms with Gasteiger partial charge in [-0.05, 0) is 75.2 Å². The van der Waals surface area contributed by atoms with Crippen LogP contribution in [0.1, 0.15) is 69.7 Å². The second-order valence-corrected chi connectivity index (χ2v) is 8.69. The highest BCUT2D eigenvalue weighted by atomic mass is 32.1. The molecule has 1 aromatic carbocycles. The lowest BCUT2D eigenvalue weighted by Gasteiger charge is -2.42. The predicted octanol–water partition coefficient (Wildman–Crippen LogP) is 6.66. The Kier molecular flexibility index (Phi) is 3.81. The van der Waals surface area contributed by atoms with Crippen molar-refractivity contribution in [1.29, 1.82) is 0 Å². The van der Waals surface area contributed by atoms with Crippen LogP contribution in [-0.2, 0) is 10.8 Å². The molecule has 1 aliphatic rings. The van der Waals surface area contributed by atoms with Gasteiger partial charge in [0.1, 0.15) is 0 Å². The Morgan fingerprint density at radius 1 is 1.00 bits per heavy atom. The van der Waals surface area contributed by atoms with Crippen molar-refractivity contribution in [2.45, 2.75) is 58.3 Å². The topological polar surface area (TPSA) is 0 Å². The Morgan fingerprint density at radius 3 is 2.32 bits per heavy atom. The summed E-state index contributed by atoms with van der Waals surface area (Å²) in [4.78, 5) is 0. The van der Waals surface area contributed by atoms with Crippen LogP contribution in [0, 0.1) is 0 Å². The predicted molar refractivity (Wildman–Crippen MR) is 99.6 cm³/mol. The standard InChI is InChI=1S/C21H26S/c1-15(12-16-8-11-22-14-16)17-6-7-18-19(13-17)21(4,5)10-9-20(18,2)3/h6-8,11-14H,9-10H2,1-5H3/b15-12+. The van der Waals surface area contributed by atoms with E-state index in [0.717, 1.165) is 0 Å². The van der Waals surface area contributed by atoms with Gasteiger partial charge < -0.3 is 0 Å². The molecule has 1 aromatic heterocycles. The third-order valence-electron chi connectivity index (χ3n) is 5.23. The molecule has 1 heterocycles. The first kappa shape index (κ1) is 15.6. The lowest BCUT2D eigenvalue weighted by atomic mass is 9.63. The first-order valence-electron chi connectivity index (χ1n) is 8.15. The fourth-order valence-corrected chi connectivity index (χ4v) is 4.14. The van der Waals surface area contributed by atoms with Crippen molar-refractivity contribution < 1.29 is 0 Å². The summed E-state index contributed by atoms with van der Waals surface area (Å²) in [5, 5.41) is 4.34. The van der Waals surface area contributed by atoms with Crippen molar-refractivity contribution >= 4 is 23.0 Å². The van der Waals surface area contributed by atoms with Gasteiger partial charge in [-0.1, -0.05) is 52.0 Å². The second kappa shape index (κ2) is 5.38. The largest absolute Gasteiger partial charge is 0.152 e. The van der Waals surface area contributed by atoms with E-state index >= 15 is 0 Å². The summed E-state index contributed by atoms with van der Waals surface area (Å²) in [7, 11) is 0. The first-order valence-corrected chi connectivity index (χ1v) is 9.10. The van der Waals surface area contributed by atoms with E-state index in [4.69, 9.17) is 0 Å². The Labute approximate surface area is 138 Å². The zero-order valence-electron chi connectivity index (χ0n) is 14.4. The van der Waals surface area contributed by atoms with Crippen LogP contribution in [0.4, 0.5) is 0 Å². The highest BCUT2D eigenvalue weighted by Gasteiger charge is 2.36. The van der Waals surface area contributed by atoms with Crippen LogP contribution in [-0.4, -0.2) is 0 Å². The average molecular weight is 311 g/mol. The molecule has 0 unspecified atom stereocenters. The molecule has 0 N–H and O–H groups in total. The molecular weight excluding hydrogens is 284 g/mol. The number of fused-ring (bicyclic) bond motifs is 1. The van der Waals surface area contributed by atoms with Gasteiger partial charge in [-0.2, -0.15) is 11.3 Å². The maximum absolute atomic E-state index is 2.44. The van der Waals surface area contributed by atoms with Gasteiger partial charge in [0.05, 0.1) is 0 Å². The maximum atomic E-state index is 2.44. The number of rotatable bonds is 2. The van der Waals surface area contributed by atoms with Crippen LogP contribution >= 0.6 is 11.3 Å². The smallest absolute Gasteiger partial charge is 0.00207 e. The Morgan fingerprint density at radius 2 is 1.68 bits per heavy atom. The van der Waals surface area contributed by atoms with Gasteiger partial charge in [0.25, 0.3) is 0 Å². The van der Waals surface area contributed by atoms with E-state index in [1.54, 1.807) is 16.9 Å². The second-order valence-electron chi connectivity index (χ2n) is 7.91. The Hall–Kier alpha value is -1.34. The van der Waals surface area contributed by atoms with E-state index in [-0.39, 0.29) is 5.41 Å². The lowest BCUT2D eigenvalue weighted by Crippen LogP contribution is -2.33. The summed E-state index contributed by atoms with van der Waals surface area (Å²) in [6, 6.07) is 9.30. The highest BCUT2D eigenvalue weighted by molar-refractivity contribution is 7.08. The minimum absolute atomic E-state index is 0.281. The van der Waals surface area contributed by atoms with Crippen molar-refractivity contribution in [3.05, 3.63) is 57.3 Å². The van der Waals surface area contributed by atoms with Crippen LogP contribution in [0.5, 0.6) is 0 Å². The molecule has 0 bridgehead atoms. The number of benzene rings is 1. The van der Waals surface area contributed by atoms with Gasteiger partial charge in [0.2, 0.25) is 0 Å². The van der Waals surface area contributed by atoms with Crippen molar-refractivity contribution in [3.8, 4) is 0 Å². The molecule has 0 fully saturated rings. The van der Waals surface area contributed by atoms with E-state index in [1.165, 1.54) is 35.1 Å². The zero-order chi connectivity index (χ0) is 16.0. The van der Waals surface area contributed by atoms with Gasteiger partial charge >= 0.3 is 0 Å². The third-order valence-corrected chi connectivity index (χ3v) is 5.94. The van der Waals surface area contributed by atoms with Gasteiger partial charge in [-0.25, -0.2) is 0 Å². The molecule has 1 heteroatoms. The third kappa shape index (κ3) is 2.79. The molecular formula is C21H26S. The van der Waals surface area contributed by atoms with Crippen LogP contribution in [0.3, 0.4) is 0 Å². The summed E-state index contributed by atoms with van der Waals surface area (Å²) in [6.07, 6.45) is 4.83. The van der Waals surface area contributed by atoms with E-state index < -0.39 is 0 Å². The summed E-state index contributed by atoms with van der Waals surface area (Å²) in [5.41, 5.74) is 7.67. The van der Waals surface area contributed by atoms with E-state index in [9.17, 15) is 0 Å². The molecule has 0 amide bonds. The van der Waals surface area contributed by atoms with Gasteiger partial charge in [0.15, 0.2) is 0 Å². The van der Waals surface area contributed by atoms with E-state index in [2.05, 4.69) is 75.7 Å². The minimum atomic E-state index is 0.281. The fourth-order valence-electron chi connectivity index (χ4n) is 3.52. The van der Waals surface area contributed by atoms with Gasteiger partial charge in [-0.15, -0.1) is 0 Å². The minimum Gasteiger partial charge on any atom is -0.152 e. The molecule has 22 heavy (non-hydrogen) atoms. The zero-order valence-corrected chi connectivity index (χ0v) is 15.2. The van der Waals surface area contributed by atoms with Crippen molar-refractivity contribution in [1.82, 2.24) is 0 Å². The monoisotopic (exact) mass is 310 g/mol. The van der Waals surface area contributed by atoms with Crippen LogP contribution in [0.25, 0.3) is 11.6 Å². The SMILES string of the molecule is C/C(=C\c1ccsc1)c1ccc2c(c1)C(C)(C)CCC2(C)C. The molecule has 0 saturated carbocycles. The summed E-state index contributed by atoms with van der Waals surface area (Å²) in [6.45, 7) is 11.8. The number of hydrogen-bond donors (Lipinski definition) is 0. The van der Waals surface area contributed by atoms with Crippen LogP contribution in [0.15, 0.2) is 35.0 Å². The average Bonchev–Trinajstić information content (AvgIpc) is 2.96. The lowest BCUT2D eigenvalue weighted by molar-refractivity contribution is 0.332. The number of hydrogen-bond acceptors (Lipinski definition) is 1. The van der Waals surface area contributed by atoms with Crippen molar-refractivity contribution in [2.24, 2.45) is 0 Å². The Bertz CT molecular complexity index is 700. The fraction of sp³-hybridized carbons (Fsp3) is 0.429. The molecule has 3 rings (SSSR count). The van der Waals surface area contributed by atoms with Gasteiger partial charge in [0, 0.05) is 0 Å². The van der Waals surface area contributed by atoms with Crippen LogP contribution < -0.4 is 0 Å². The Balaban J connectivity index is 2.06. The molecule has 0 spiro atoms. The highest BCUT2D eigenvalue weighted by Crippen LogP contribution is 2.46. The van der Waals surface area contributed by atoms with Crippen molar-refractivity contribution in [3.63, 3.8) is 0 Å². The van der Waals surface area contributed by atoms with Crippen LogP contribution in [0.2, 0.25) is 0 Å². The molecule has 0 radical (unpaired) electrons. The van der Waals surface area contributed by atoms with Crippen molar-refractivity contribution in [2.75, 3.05) is 0 Å². The maximum Gasteiger partial charge on any atom is -0.00207 e. The van der Waals surface area contributed by atoms with E-state index in [0.29, 0.717) is 5.41 Å². The number of allylic oxidation sites excluding steroid dienone is 1. The van der Waals surface area contributed by atoms with E-state index in [1.807, 2.05) is 0 Å². The normalized spacial score (nSPS) is 19.8. The molecule has 0 atom stereocenters. The molecule has 2 aromatic rings. The molecule has 0 saturated heterocycles. The molecule has 0 nitrogen and oxygen atoms in total. The molecule has 1 aliphatic carbocycles. The molecule has 0 aliphatic heterocycles. The summed E-state index contributed by atoms with van der Waals surface area (Å²) >= 11 is 1.75. The molecule has 116 valence electrons. The van der Waals surface area contributed by atoms with Gasteiger partial charge in [-0.3, -0.25) is 0 Å². The number of thiophene rings is 1. The summed E-state index contributed by atoms with van der Waals surface area (Å²) in [5.74, 6) is 0. The quantitative estimate of drug-likeness (QED) is 0.582.